The van der Waals surface area contributed by atoms with Crippen molar-refractivity contribution >= 4 is 5.91 Å². The van der Waals surface area contributed by atoms with Crippen LogP contribution in [0.15, 0.2) is 22.9 Å². The van der Waals surface area contributed by atoms with Crippen LogP contribution in [0.2, 0.25) is 0 Å². The monoisotopic (exact) mass is 371 g/mol. The molecular formula is C19H25N5O3. The second kappa shape index (κ2) is 7.64. The molecule has 0 unspecified atom stereocenters. The molecule has 0 aromatic carbocycles. The van der Waals surface area contributed by atoms with Crippen molar-refractivity contribution in [2.75, 3.05) is 26.7 Å². The van der Waals surface area contributed by atoms with Gasteiger partial charge in [0, 0.05) is 43.9 Å². The fourth-order valence-corrected chi connectivity index (χ4v) is 4.12. The first-order valence-electron chi connectivity index (χ1n) is 9.51. The number of likely N-dealkylation sites (tertiary alicyclic amines) is 2. The van der Waals surface area contributed by atoms with Crippen LogP contribution >= 0.6 is 0 Å². The van der Waals surface area contributed by atoms with E-state index >= 15 is 0 Å². The number of nitrogens with zero attached hydrogens (tertiary/aromatic N) is 5. The van der Waals surface area contributed by atoms with E-state index in [1.54, 1.807) is 26.3 Å². The molecule has 1 amide bonds. The van der Waals surface area contributed by atoms with Gasteiger partial charge in [0.2, 0.25) is 23.5 Å². The molecule has 4 heterocycles. The van der Waals surface area contributed by atoms with Crippen LogP contribution in [0.4, 0.5) is 0 Å². The summed E-state index contributed by atoms with van der Waals surface area (Å²) in [5.41, 5.74) is 0.810. The number of aromatic nitrogens is 3. The number of ether oxygens (including phenoxy) is 1. The molecule has 0 aliphatic carbocycles. The van der Waals surface area contributed by atoms with Gasteiger partial charge in [-0.1, -0.05) is 5.16 Å². The summed E-state index contributed by atoms with van der Waals surface area (Å²) >= 11 is 0. The lowest BCUT2D eigenvalue weighted by atomic mass is 10.0. The Morgan fingerprint density at radius 3 is 2.70 bits per heavy atom. The molecule has 1 atom stereocenters. The molecule has 2 saturated heterocycles. The van der Waals surface area contributed by atoms with E-state index in [0.717, 1.165) is 50.9 Å². The van der Waals surface area contributed by atoms with E-state index in [9.17, 15) is 4.79 Å². The van der Waals surface area contributed by atoms with Gasteiger partial charge in [-0.15, -0.1) is 0 Å². The maximum absolute atomic E-state index is 11.6. The molecule has 4 rings (SSSR count). The van der Waals surface area contributed by atoms with E-state index < -0.39 is 0 Å². The number of pyridine rings is 1. The zero-order valence-corrected chi connectivity index (χ0v) is 15.8. The van der Waals surface area contributed by atoms with Crippen LogP contribution in [-0.4, -0.2) is 63.6 Å². The average Bonchev–Trinajstić information content (AvgIpc) is 3.37. The molecule has 0 radical (unpaired) electrons. The minimum atomic E-state index is 0.159. The Labute approximate surface area is 158 Å². The van der Waals surface area contributed by atoms with Crippen LogP contribution in [0.5, 0.6) is 5.88 Å². The van der Waals surface area contributed by atoms with Crippen LogP contribution in [0, 0.1) is 0 Å². The zero-order valence-electron chi connectivity index (χ0n) is 15.8. The average molecular weight is 371 g/mol. The number of amides is 1. The van der Waals surface area contributed by atoms with E-state index in [2.05, 4.69) is 20.0 Å². The first-order valence-corrected chi connectivity index (χ1v) is 9.51. The van der Waals surface area contributed by atoms with Crippen molar-refractivity contribution in [1.82, 2.24) is 24.9 Å². The van der Waals surface area contributed by atoms with E-state index in [1.807, 2.05) is 11.0 Å². The second-order valence-electron chi connectivity index (χ2n) is 7.18. The van der Waals surface area contributed by atoms with Gasteiger partial charge in [-0.3, -0.25) is 9.69 Å². The molecule has 0 N–H and O–H groups in total. The fraction of sp³-hybridized carbons (Fsp3) is 0.579. The van der Waals surface area contributed by atoms with Crippen LogP contribution in [0.3, 0.4) is 0 Å². The van der Waals surface area contributed by atoms with Crippen molar-refractivity contribution in [2.45, 2.75) is 44.7 Å². The van der Waals surface area contributed by atoms with Gasteiger partial charge in [0.1, 0.15) is 0 Å². The Morgan fingerprint density at radius 1 is 1.22 bits per heavy atom. The smallest absolute Gasteiger partial charge is 0.244 e. The molecule has 8 nitrogen and oxygen atoms in total. The molecule has 2 aromatic heterocycles. The molecule has 2 aliphatic rings. The van der Waals surface area contributed by atoms with E-state index in [-0.39, 0.29) is 11.9 Å². The molecule has 0 spiro atoms. The molecule has 144 valence electrons. The first kappa shape index (κ1) is 17.9. The lowest BCUT2D eigenvalue weighted by Gasteiger charge is -2.38. The predicted octanol–water partition coefficient (Wildman–Crippen LogP) is 2.29. The van der Waals surface area contributed by atoms with Crippen LogP contribution < -0.4 is 4.74 Å². The van der Waals surface area contributed by atoms with Crippen molar-refractivity contribution in [3.8, 4) is 17.3 Å². The molecule has 8 heteroatoms. The number of carbonyl (C=O) groups excluding carboxylic acids is 1. The third kappa shape index (κ3) is 3.66. The third-order valence-corrected chi connectivity index (χ3v) is 5.60. The highest BCUT2D eigenvalue weighted by Gasteiger charge is 2.37. The minimum absolute atomic E-state index is 0.159. The van der Waals surface area contributed by atoms with E-state index in [4.69, 9.17) is 9.26 Å². The molecule has 2 fully saturated rings. The maximum Gasteiger partial charge on any atom is 0.244 e. The number of hydrogen-bond acceptors (Lipinski definition) is 7. The number of rotatable bonds is 4. The number of carbonyl (C=O) groups is 1. The Bertz CT molecular complexity index is 783. The fourth-order valence-electron chi connectivity index (χ4n) is 4.12. The van der Waals surface area contributed by atoms with Crippen LogP contribution in [-0.2, 0) is 4.79 Å². The van der Waals surface area contributed by atoms with Crippen LogP contribution in [0.1, 0.15) is 44.5 Å². The van der Waals surface area contributed by atoms with Gasteiger partial charge in [-0.2, -0.15) is 4.98 Å². The molecule has 0 saturated carbocycles. The van der Waals surface area contributed by atoms with Gasteiger partial charge in [0.15, 0.2) is 0 Å². The molecule has 0 bridgehead atoms. The Morgan fingerprint density at radius 2 is 2.04 bits per heavy atom. The van der Waals surface area contributed by atoms with E-state index in [1.165, 1.54) is 0 Å². The highest BCUT2D eigenvalue weighted by atomic mass is 16.5. The van der Waals surface area contributed by atoms with E-state index in [0.29, 0.717) is 23.6 Å². The maximum atomic E-state index is 11.6. The normalized spacial score (nSPS) is 21.6. The lowest BCUT2D eigenvalue weighted by molar-refractivity contribution is -0.130. The van der Waals surface area contributed by atoms with Gasteiger partial charge in [-0.25, -0.2) is 4.98 Å². The van der Waals surface area contributed by atoms with Crippen molar-refractivity contribution in [3.63, 3.8) is 0 Å². The van der Waals surface area contributed by atoms with Gasteiger partial charge >= 0.3 is 0 Å². The van der Waals surface area contributed by atoms with Gasteiger partial charge in [-0.05, 0) is 38.3 Å². The first-order chi connectivity index (χ1) is 13.2. The van der Waals surface area contributed by atoms with Crippen molar-refractivity contribution in [3.05, 3.63) is 24.2 Å². The van der Waals surface area contributed by atoms with Crippen molar-refractivity contribution in [1.29, 1.82) is 0 Å². The van der Waals surface area contributed by atoms with Gasteiger partial charge < -0.3 is 14.2 Å². The van der Waals surface area contributed by atoms with Gasteiger partial charge in [0.05, 0.1) is 13.2 Å². The summed E-state index contributed by atoms with van der Waals surface area (Å²) in [6.07, 6.45) is 5.84. The molecule has 2 aromatic rings. The van der Waals surface area contributed by atoms with Crippen molar-refractivity contribution < 1.29 is 14.1 Å². The molecule has 27 heavy (non-hydrogen) atoms. The number of piperidine rings is 1. The Balaban J connectivity index is 1.46. The topological polar surface area (TPSA) is 84.6 Å². The summed E-state index contributed by atoms with van der Waals surface area (Å²) in [5.74, 6) is 1.95. The number of methoxy groups -OCH3 is 1. The Kier molecular flexibility index (Phi) is 5.07. The third-order valence-electron chi connectivity index (χ3n) is 5.60. The van der Waals surface area contributed by atoms with Crippen LogP contribution in [0.25, 0.3) is 11.4 Å². The minimum Gasteiger partial charge on any atom is -0.481 e. The Hall–Kier alpha value is -2.48. The zero-order chi connectivity index (χ0) is 18.8. The summed E-state index contributed by atoms with van der Waals surface area (Å²) in [7, 11) is 1.59. The quantitative estimate of drug-likeness (QED) is 0.815. The second-order valence-corrected chi connectivity index (χ2v) is 7.18. The largest absolute Gasteiger partial charge is 0.481 e. The standard InChI is InChI=1S/C19H25N5O3/c1-13(25)23-10-7-15(8-11-23)24-9-3-4-16(24)19-21-18(22-27-19)14-5-6-17(26-2)20-12-14/h5-6,12,15-16H,3-4,7-11H2,1-2H3/t16-/m0/s1. The summed E-state index contributed by atoms with van der Waals surface area (Å²) in [5, 5.41) is 4.15. The lowest BCUT2D eigenvalue weighted by Crippen LogP contribution is -2.46. The van der Waals surface area contributed by atoms with Crippen molar-refractivity contribution in [2.24, 2.45) is 0 Å². The summed E-state index contributed by atoms with van der Waals surface area (Å²) in [6.45, 7) is 4.34. The molecule has 2 aliphatic heterocycles. The number of hydrogen-bond donors (Lipinski definition) is 0. The summed E-state index contributed by atoms with van der Waals surface area (Å²) in [4.78, 5) is 24.8. The van der Waals surface area contributed by atoms with Gasteiger partial charge in [0.25, 0.3) is 0 Å². The summed E-state index contributed by atoms with van der Waals surface area (Å²) in [6, 6.07) is 4.29. The molecular weight excluding hydrogens is 346 g/mol. The highest BCUT2D eigenvalue weighted by Crippen LogP contribution is 2.36. The SMILES string of the molecule is COc1ccc(-c2noc([C@@H]3CCCN3C3CCN(C(C)=O)CC3)n2)cn1. The summed E-state index contributed by atoms with van der Waals surface area (Å²) < 4.78 is 10.7. The predicted molar refractivity (Wildman–Crippen MR) is 98.0 cm³/mol. The highest BCUT2D eigenvalue weighted by molar-refractivity contribution is 5.73.